The van der Waals surface area contributed by atoms with E-state index in [2.05, 4.69) is 10.1 Å². The van der Waals surface area contributed by atoms with Gasteiger partial charge in [-0.25, -0.2) is 0 Å². The van der Waals surface area contributed by atoms with E-state index in [1.165, 1.54) is 14.2 Å². The number of hydrogen-bond donors (Lipinski definition) is 0. The number of methoxy groups -OCH3 is 2. The molecule has 0 fully saturated rings. The minimum atomic E-state index is -0.586. The van der Waals surface area contributed by atoms with E-state index in [4.69, 9.17) is 14.0 Å². The van der Waals surface area contributed by atoms with Crippen molar-refractivity contribution in [2.45, 2.75) is 6.54 Å². The third kappa shape index (κ3) is 3.38. The zero-order valence-corrected chi connectivity index (χ0v) is 13.9. The molecule has 1 aromatic carbocycles. The average molecular weight is 358 g/mol. The minimum Gasteiger partial charge on any atom is -0.497 e. The molecular formula is C16H14N4O6. The molecule has 0 amide bonds. The van der Waals surface area contributed by atoms with Gasteiger partial charge in [0.1, 0.15) is 18.0 Å². The molecule has 134 valence electrons. The van der Waals surface area contributed by atoms with E-state index in [9.17, 15) is 14.9 Å². The summed E-state index contributed by atoms with van der Waals surface area (Å²) in [6, 6.07) is 7.36. The van der Waals surface area contributed by atoms with E-state index in [-0.39, 0.29) is 23.9 Å². The summed E-state index contributed by atoms with van der Waals surface area (Å²) in [5, 5.41) is 14.7. The van der Waals surface area contributed by atoms with Crippen molar-refractivity contribution in [3.05, 3.63) is 62.9 Å². The van der Waals surface area contributed by atoms with Crippen LogP contribution < -0.4 is 15.0 Å². The third-order valence-corrected chi connectivity index (χ3v) is 3.60. The Bertz CT molecular complexity index is 1010. The van der Waals surface area contributed by atoms with Crippen LogP contribution in [-0.2, 0) is 6.54 Å². The Kier molecular flexibility index (Phi) is 4.65. The fourth-order valence-corrected chi connectivity index (χ4v) is 2.31. The summed E-state index contributed by atoms with van der Waals surface area (Å²) < 4.78 is 16.7. The maximum atomic E-state index is 11.9. The van der Waals surface area contributed by atoms with Crippen LogP contribution in [0.25, 0.3) is 11.4 Å². The molecule has 0 radical (unpaired) electrons. The van der Waals surface area contributed by atoms with Crippen LogP contribution in [0.1, 0.15) is 5.89 Å². The van der Waals surface area contributed by atoms with Gasteiger partial charge in [0.05, 0.1) is 30.9 Å². The highest BCUT2D eigenvalue weighted by molar-refractivity contribution is 5.65. The maximum Gasteiger partial charge on any atom is 0.285 e. The first kappa shape index (κ1) is 17.1. The molecule has 0 aliphatic carbocycles. The second kappa shape index (κ2) is 7.05. The van der Waals surface area contributed by atoms with Gasteiger partial charge < -0.3 is 14.0 Å². The first-order valence-corrected chi connectivity index (χ1v) is 7.41. The molecule has 3 rings (SSSR count). The van der Waals surface area contributed by atoms with Gasteiger partial charge in [0.2, 0.25) is 11.7 Å². The molecule has 10 nitrogen and oxygen atoms in total. The van der Waals surface area contributed by atoms with Crippen LogP contribution in [0, 0.1) is 10.1 Å². The zero-order chi connectivity index (χ0) is 18.7. The Morgan fingerprint density at radius 3 is 2.73 bits per heavy atom. The molecule has 0 bridgehead atoms. The number of nitro groups is 1. The number of aromatic nitrogens is 3. The first-order chi connectivity index (χ1) is 12.5. The summed E-state index contributed by atoms with van der Waals surface area (Å²) in [7, 11) is 3.04. The fraction of sp³-hybridized carbons (Fsp3) is 0.188. The second-order valence-electron chi connectivity index (χ2n) is 5.19. The lowest BCUT2D eigenvalue weighted by Gasteiger charge is -2.07. The molecule has 2 heterocycles. The molecule has 0 saturated carbocycles. The molecule has 0 N–H and O–H groups in total. The Morgan fingerprint density at radius 1 is 1.23 bits per heavy atom. The van der Waals surface area contributed by atoms with Crippen LogP contribution in [0.3, 0.4) is 0 Å². The van der Waals surface area contributed by atoms with Crippen LogP contribution in [0.5, 0.6) is 11.5 Å². The normalized spacial score (nSPS) is 10.5. The Hall–Kier alpha value is -3.69. The molecule has 26 heavy (non-hydrogen) atoms. The average Bonchev–Trinajstić information content (AvgIpc) is 3.11. The monoisotopic (exact) mass is 358 g/mol. The number of rotatable bonds is 6. The fourth-order valence-electron chi connectivity index (χ4n) is 2.31. The van der Waals surface area contributed by atoms with Crippen LogP contribution >= 0.6 is 0 Å². The standard InChI is InChI=1S/C16H14N4O6/c1-24-11-4-5-12(13(7-11)25-2)16-17-14(26-18-16)9-19-8-10(20(22)23)3-6-15(19)21/h3-8H,9H2,1-2H3. The van der Waals surface area contributed by atoms with Crippen molar-refractivity contribution in [2.24, 2.45) is 0 Å². The lowest BCUT2D eigenvalue weighted by Crippen LogP contribution is -2.19. The first-order valence-electron chi connectivity index (χ1n) is 7.41. The summed E-state index contributed by atoms with van der Waals surface area (Å²) in [4.78, 5) is 26.3. The van der Waals surface area contributed by atoms with E-state index < -0.39 is 10.5 Å². The topological polar surface area (TPSA) is 123 Å². The Labute approximate surface area is 146 Å². The maximum absolute atomic E-state index is 11.9. The molecule has 0 saturated heterocycles. The SMILES string of the molecule is COc1ccc(-c2noc(Cn3cc([N+](=O)[O-])ccc3=O)n2)c(OC)c1. The quantitative estimate of drug-likeness (QED) is 0.483. The summed E-state index contributed by atoms with van der Waals surface area (Å²) in [6.07, 6.45) is 1.13. The molecule has 0 spiro atoms. The van der Waals surface area contributed by atoms with Gasteiger partial charge >= 0.3 is 0 Å². The van der Waals surface area contributed by atoms with Crippen molar-refractivity contribution >= 4 is 5.69 Å². The third-order valence-electron chi connectivity index (χ3n) is 3.60. The van der Waals surface area contributed by atoms with Crippen molar-refractivity contribution in [2.75, 3.05) is 14.2 Å². The van der Waals surface area contributed by atoms with Crippen molar-refractivity contribution < 1.29 is 18.9 Å². The summed E-state index contributed by atoms with van der Waals surface area (Å²) in [5.74, 6) is 1.49. The van der Waals surface area contributed by atoms with Crippen LogP contribution in [-0.4, -0.2) is 33.9 Å². The van der Waals surface area contributed by atoms with Gasteiger partial charge in [-0.3, -0.25) is 19.5 Å². The largest absolute Gasteiger partial charge is 0.497 e. The van der Waals surface area contributed by atoms with Gasteiger partial charge in [-0.05, 0) is 12.1 Å². The molecule has 0 aliphatic heterocycles. The van der Waals surface area contributed by atoms with E-state index in [0.29, 0.717) is 17.1 Å². The lowest BCUT2D eigenvalue weighted by atomic mass is 10.2. The molecule has 0 atom stereocenters. The van der Waals surface area contributed by atoms with E-state index in [1.54, 1.807) is 18.2 Å². The van der Waals surface area contributed by atoms with E-state index >= 15 is 0 Å². The summed E-state index contributed by atoms with van der Waals surface area (Å²) in [6.45, 7) is -0.0913. The Morgan fingerprint density at radius 2 is 2.04 bits per heavy atom. The predicted octanol–water partition coefficient (Wildman–Crippen LogP) is 1.87. The molecule has 3 aromatic rings. The molecule has 2 aromatic heterocycles. The number of hydrogen-bond acceptors (Lipinski definition) is 8. The van der Waals surface area contributed by atoms with Crippen LogP contribution in [0.4, 0.5) is 5.69 Å². The van der Waals surface area contributed by atoms with Crippen LogP contribution in [0.2, 0.25) is 0 Å². The highest BCUT2D eigenvalue weighted by Crippen LogP contribution is 2.31. The zero-order valence-electron chi connectivity index (χ0n) is 13.9. The summed E-state index contributed by atoms with van der Waals surface area (Å²) >= 11 is 0. The van der Waals surface area contributed by atoms with Crippen LogP contribution in [0.15, 0.2) is 45.8 Å². The van der Waals surface area contributed by atoms with Gasteiger partial charge in [-0.2, -0.15) is 4.98 Å². The second-order valence-corrected chi connectivity index (χ2v) is 5.19. The highest BCUT2D eigenvalue weighted by Gasteiger charge is 2.16. The van der Waals surface area contributed by atoms with Crippen molar-refractivity contribution in [3.63, 3.8) is 0 Å². The van der Waals surface area contributed by atoms with Gasteiger partial charge in [-0.15, -0.1) is 0 Å². The lowest BCUT2D eigenvalue weighted by molar-refractivity contribution is -0.385. The summed E-state index contributed by atoms with van der Waals surface area (Å²) in [5.41, 5.74) is -0.0479. The molecule has 0 aliphatic rings. The predicted molar refractivity (Wildman–Crippen MR) is 89.3 cm³/mol. The van der Waals surface area contributed by atoms with Crippen molar-refractivity contribution in [1.29, 1.82) is 0 Å². The van der Waals surface area contributed by atoms with Crippen molar-refractivity contribution in [3.8, 4) is 22.9 Å². The minimum absolute atomic E-state index is 0.0913. The Balaban J connectivity index is 1.91. The number of nitrogens with zero attached hydrogens (tertiary/aromatic N) is 4. The van der Waals surface area contributed by atoms with E-state index in [0.717, 1.165) is 22.9 Å². The highest BCUT2D eigenvalue weighted by atomic mass is 16.6. The van der Waals surface area contributed by atoms with Gasteiger partial charge in [0.25, 0.3) is 11.2 Å². The number of benzene rings is 1. The van der Waals surface area contributed by atoms with E-state index in [1.807, 2.05) is 0 Å². The van der Waals surface area contributed by atoms with Gasteiger partial charge in [0.15, 0.2) is 0 Å². The molecule has 10 heteroatoms. The van der Waals surface area contributed by atoms with Gasteiger partial charge in [-0.1, -0.05) is 5.16 Å². The molecular weight excluding hydrogens is 344 g/mol. The van der Waals surface area contributed by atoms with Crippen molar-refractivity contribution in [1.82, 2.24) is 14.7 Å². The van der Waals surface area contributed by atoms with Gasteiger partial charge in [0, 0.05) is 18.2 Å². The smallest absolute Gasteiger partial charge is 0.285 e. The molecule has 0 unspecified atom stereocenters. The number of pyridine rings is 1. The number of ether oxygens (including phenoxy) is 2.